The van der Waals surface area contributed by atoms with Crippen molar-refractivity contribution >= 4 is 22.9 Å². The highest BCUT2D eigenvalue weighted by Crippen LogP contribution is 2.19. The molecular formula is C13H14N6O. The molecular weight excluding hydrogens is 256 g/mol. The maximum atomic E-state index is 9.31. The van der Waals surface area contributed by atoms with Crippen LogP contribution in [0.1, 0.15) is 11.1 Å². The molecule has 0 atom stereocenters. The number of benzene rings is 1. The molecule has 2 aromatic heterocycles. The molecule has 0 radical (unpaired) electrons. The smallest absolute Gasteiger partial charge is 0.224 e. The lowest BCUT2D eigenvalue weighted by Crippen LogP contribution is -2.07. The Labute approximate surface area is 114 Å². The molecule has 20 heavy (non-hydrogen) atoms. The summed E-state index contributed by atoms with van der Waals surface area (Å²) in [6.45, 7) is 0.525. The molecule has 0 aliphatic carbocycles. The highest BCUT2D eigenvalue weighted by atomic mass is 16.3. The molecule has 0 saturated heterocycles. The summed E-state index contributed by atoms with van der Waals surface area (Å²) in [6.07, 6.45) is 1.55. The van der Waals surface area contributed by atoms with Crippen molar-refractivity contribution < 1.29 is 5.11 Å². The first kappa shape index (κ1) is 12.4. The molecule has 0 spiro atoms. The van der Waals surface area contributed by atoms with Crippen LogP contribution in [0.3, 0.4) is 0 Å². The summed E-state index contributed by atoms with van der Waals surface area (Å²) in [5.41, 5.74) is 8.76. The highest BCUT2D eigenvalue weighted by Gasteiger charge is 2.09. The van der Waals surface area contributed by atoms with Gasteiger partial charge in [-0.2, -0.15) is 9.97 Å². The topological polar surface area (TPSA) is 113 Å². The molecule has 0 aliphatic rings. The Bertz CT molecular complexity index is 739. The highest BCUT2D eigenvalue weighted by molar-refractivity contribution is 5.83. The van der Waals surface area contributed by atoms with E-state index in [1.807, 2.05) is 24.3 Å². The van der Waals surface area contributed by atoms with E-state index in [0.717, 1.165) is 11.1 Å². The molecule has 0 aliphatic heterocycles. The number of H-pyrrole nitrogens is 1. The third-order valence-corrected chi connectivity index (χ3v) is 3.03. The number of aliphatic hydroxyl groups is 1. The molecule has 0 amide bonds. The minimum atomic E-state index is 0.00157. The van der Waals surface area contributed by atoms with Crippen LogP contribution in [0.15, 0.2) is 30.6 Å². The van der Waals surface area contributed by atoms with E-state index >= 15 is 0 Å². The lowest BCUT2D eigenvalue weighted by Gasteiger charge is -2.09. The average molecular weight is 270 g/mol. The van der Waals surface area contributed by atoms with Gasteiger partial charge in [-0.15, -0.1) is 0 Å². The fourth-order valence-electron chi connectivity index (χ4n) is 2.04. The molecule has 0 bridgehead atoms. The molecule has 102 valence electrons. The van der Waals surface area contributed by atoms with Gasteiger partial charge >= 0.3 is 0 Å². The molecule has 3 aromatic rings. The normalized spacial score (nSPS) is 10.8. The fraction of sp³-hybridized carbons (Fsp3) is 0.154. The minimum Gasteiger partial charge on any atom is -0.392 e. The summed E-state index contributed by atoms with van der Waals surface area (Å²) in [5, 5.41) is 12.5. The lowest BCUT2D eigenvalue weighted by molar-refractivity contribution is 0.280. The van der Waals surface area contributed by atoms with Crippen LogP contribution in [0.2, 0.25) is 0 Å². The summed E-state index contributed by atoms with van der Waals surface area (Å²) in [4.78, 5) is 15.3. The van der Waals surface area contributed by atoms with Crippen LogP contribution >= 0.6 is 0 Å². The predicted molar refractivity (Wildman–Crippen MR) is 75.8 cm³/mol. The first-order chi connectivity index (χ1) is 9.78. The number of nitrogens with two attached hydrogens (primary N) is 1. The zero-order valence-corrected chi connectivity index (χ0v) is 10.7. The number of hydrogen-bond acceptors (Lipinski definition) is 6. The zero-order valence-electron chi connectivity index (χ0n) is 10.7. The Morgan fingerprint density at radius 1 is 1.20 bits per heavy atom. The van der Waals surface area contributed by atoms with Crippen LogP contribution in [0.4, 0.5) is 11.8 Å². The number of nitrogens with zero attached hydrogens (tertiary/aromatic N) is 3. The van der Waals surface area contributed by atoms with Gasteiger partial charge in [-0.3, -0.25) is 0 Å². The number of nitrogen functional groups attached to an aromatic ring is 1. The van der Waals surface area contributed by atoms with E-state index in [4.69, 9.17) is 5.73 Å². The Morgan fingerprint density at radius 2 is 2.00 bits per heavy atom. The number of fused-ring (bicyclic) bond motifs is 1. The van der Waals surface area contributed by atoms with E-state index in [9.17, 15) is 5.11 Å². The predicted octanol–water partition coefficient (Wildman–Crippen LogP) is 1.04. The van der Waals surface area contributed by atoms with Crippen molar-refractivity contribution in [2.24, 2.45) is 0 Å². The molecule has 7 heteroatoms. The van der Waals surface area contributed by atoms with Gasteiger partial charge in [0, 0.05) is 6.54 Å². The quantitative estimate of drug-likeness (QED) is 0.563. The van der Waals surface area contributed by atoms with E-state index < -0.39 is 0 Å². The minimum absolute atomic E-state index is 0.00157. The van der Waals surface area contributed by atoms with Gasteiger partial charge in [-0.05, 0) is 11.1 Å². The van der Waals surface area contributed by atoms with Crippen molar-refractivity contribution in [3.63, 3.8) is 0 Å². The number of imidazole rings is 1. The maximum absolute atomic E-state index is 9.31. The van der Waals surface area contributed by atoms with Crippen LogP contribution in [-0.4, -0.2) is 25.0 Å². The van der Waals surface area contributed by atoms with Crippen LogP contribution in [-0.2, 0) is 13.2 Å². The summed E-state index contributed by atoms with van der Waals surface area (Å²) in [7, 11) is 0. The van der Waals surface area contributed by atoms with E-state index in [1.165, 1.54) is 0 Å². The van der Waals surface area contributed by atoms with Crippen LogP contribution in [0.5, 0.6) is 0 Å². The fourth-order valence-corrected chi connectivity index (χ4v) is 2.04. The van der Waals surface area contributed by atoms with E-state index in [1.54, 1.807) is 6.33 Å². The Kier molecular flexibility index (Phi) is 3.18. The van der Waals surface area contributed by atoms with Crippen LogP contribution < -0.4 is 11.1 Å². The van der Waals surface area contributed by atoms with Crippen molar-refractivity contribution in [1.82, 2.24) is 19.9 Å². The largest absolute Gasteiger partial charge is 0.392 e. The van der Waals surface area contributed by atoms with Crippen LogP contribution in [0, 0.1) is 0 Å². The van der Waals surface area contributed by atoms with Gasteiger partial charge < -0.3 is 21.1 Å². The van der Waals surface area contributed by atoms with Gasteiger partial charge in [0.25, 0.3) is 0 Å². The van der Waals surface area contributed by atoms with Crippen molar-refractivity contribution in [2.45, 2.75) is 13.2 Å². The van der Waals surface area contributed by atoms with Crippen molar-refractivity contribution in [2.75, 3.05) is 11.1 Å². The molecule has 7 nitrogen and oxygen atoms in total. The van der Waals surface area contributed by atoms with Gasteiger partial charge in [-0.25, -0.2) is 4.98 Å². The van der Waals surface area contributed by atoms with Crippen molar-refractivity contribution in [3.8, 4) is 0 Å². The van der Waals surface area contributed by atoms with Crippen LogP contribution in [0.25, 0.3) is 11.2 Å². The third kappa shape index (κ3) is 2.26. The summed E-state index contributed by atoms with van der Waals surface area (Å²) >= 11 is 0. The second-order valence-electron chi connectivity index (χ2n) is 4.31. The number of hydrogen-bond donors (Lipinski definition) is 4. The molecule has 3 rings (SSSR count). The molecule has 0 fully saturated rings. The summed E-state index contributed by atoms with van der Waals surface area (Å²) < 4.78 is 0. The number of nitrogens with one attached hydrogen (secondary N) is 2. The van der Waals surface area contributed by atoms with E-state index in [-0.39, 0.29) is 12.6 Å². The second kappa shape index (κ2) is 5.14. The second-order valence-corrected chi connectivity index (χ2v) is 4.31. The summed E-state index contributed by atoms with van der Waals surface area (Å²) in [6, 6.07) is 7.65. The van der Waals surface area contributed by atoms with Crippen molar-refractivity contribution in [3.05, 3.63) is 41.7 Å². The van der Waals surface area contributed by atoms with Crippen molar-refractivity contribution in [1.29, 1.82) is 0 Å². The van der Waals surface area contributed by atoms with Gasteiger partial charge in [0.2, 0.25) is 5.95 Å². The Morgan fingerprint density at radius 3 is 2.80 bits per heavy atom. The SMILES string of the molecule is Nc1nc(NCc2ccccc2CO)c2nc[nH]c2n1. The first-order valence-electron chi connectivity index (χ1n) is 6.16. The maximum Gasteiger partial charge on any atom is 0.224 e. The third-order valence-electron chi connectivity index (χ3n) is 3.03. The number of aromatic amines is 1. The molecule has 0 saturated carbocycles. The van der Waals surface area contributed by atoms with E-state index in [2.05, 4.69) is 25.3 Å². The Hall–Kier alpha value is -2.67. The Balaban J connectivity index is 1.88. The first-order valence-corrected chi connectivity index (χ1v) is 6.16. The molecule has 1 aromatic carbocycles. The zero-order chi connectivity index (χ0) is 13.9. The van der Waals surface area contributed by atoms with E-state index in [0.29, 0.717) is 23.5 Å². The average Bonchev–Trinajstić information content (AvgIpc) is 2.93. The monoisotopic (exact) mass is 270 g/mol. The van der Waals surface area contributed by atoms with Gasteiger partial charge in [0.1, 0.15) is 5.52 Å². The molecule has 0 unspecified atom stereocenters. The summed E-state index contributed by atoms with van der Waals surface area (Å²) in [5.74, 6) is 0.751. The number of rotatable bonds is 4. The van der Waals surface area contributed by atoms with Gasteiger partial charge in [-0.1, -0.05) is 24.3 Å². The lowest BCUT2D eigenvalue weighted by atomic mass is 10.1. The van der Waals surface area contributed by atoms with Gasteiger partial charge in [0.05, 0.1) is 12.9 Å². The standard InChI is InChI=1S/C13H14N6O/c14-13-18-11(10-12(19-13)17-7-16-10)15-5-8-3-1-2-4-9(8)6-20/h1-4,7,20H,5-6H2,(H4,14,15,16,17,18,19). The van der Waals surface area contributed by atoms with Gasteiger partial charge in [0.15, 0.2) is 11.5 Å². The number of aliphatic hydroxyl groups excluding tert-OH is 1. The molecule has 2 heterocycles. The number of anilines is 2. The molecule has 5 N–H and O–H groups in total. The number of aromatic nitrogens is 4.